The number of rotatable bonds is 3. The van der Waals surface area contributed by atoms with Gasteiger partial charge in [0, 0.05) is 0 Å². The highest BCUT2D eigenvalue weighted by Crippen LogP contribution is 2.36. The number of hydrogen-bond acceptors (Lipinski definition) is 1. The van der Waals surface area contributed by atoms with Gasteiger partial charge in [-0.1, -0.05) is 46.3 Å². The molecule has 0 bridgehead atoms. The molecular formula is C14H27BrOSi2. The van der Waals surface area contributed by atoms with Gasteiger partial charge in [0.1, 0.15) is 8.07 Å². The van der Waals surface area contributed by atoms with Gasteiger partial charge in [-0.25, -0.2) is 0 Å². The van der Waals surface area contributed by atoms with Gasteiger partial charge >= 0.3 is 0 Å². The average Bonchev–Trinajstić information content (AvgIpc) is 2.11. The first kappa shape index (κ1) is 18.2. The molecule has 0 aromatic heterocycles. The smallest absolute Gasteiger partial charge is 0.192 e. The lowest BCUT2D eigenvalue weighted by atomic mass is 10.2. The maximum atomic E-state index is 6.07. The highest BCUT2D eigenvalue weighted by atomic mass is 79.9. The maximum absolute atomic E-state index is 6.07. The van der Waals surface area contributed by atoms with E-state index < -0.39 is 16.4 Å². The molecule has 1 nitrogen and oxygen atoms in total. The molecule has 0 unspecified atom stereocenters. The third kappa shape index (κ3) is 7.57. The minimum atomic E-state index is -1.64. The summed E-state index contributed by atoms with van der Waals surface area (Å²) in [6.45, 7) is 18.7. The van der Waals surface area contributed by atoms with E-state index in [2.05, 4.69) is 80.9 Å². The van der Waals surface area contributed by atoms with Crippen molar-refractivity contribution in [2.75, 3.05) is 6.61 Å². The molecule has 18 heavy (non-hydrogen) atoms. The second-order valence-corrected chi connectivity index (χ2v) is 17.5. The molecule has 0 aromatic carbocycles. The monoisotopic (exact) mass is 346 g/mol. The van der Waals surface area contributed by atoms with Gasteiger partial charge in [0.25, 0.3) is 0 Å². The zero-order chi connectivity index (χ0) is 14.6. The first-order valence-corrected chi connectivity index (χ1v) is 13.6. The summed E-state index contributed by atoms with van der Waals surface area (Å²) in [7, 11) is -2.93. The first-order chi connectivity index (χ1) is 7.85. The van der Waals surface area contributed by atoms with E-state index in [-0.39, 0.29) is 5.04 Å². The van der Waals surface area contributed by atoms with E-state index in [1.165, 1.54) is 0 Å². The van der Waals surface area contributed by atoms with Crippen molar-refractivity contribution in [3.63, 3.8) is 0 Å². The van der Waals surface area contributed by atoms with Crippen molar-refractivity contribution in [1.82, 2.24) is 0 Å². The van der Waals surface area contributed by atoms with Crippen LogP contribution in [-0.4, -0.2) is 23.0 Å². The van der Waals surface area contributed by atoms with Gasteiger partial charge in [0.15, 0.2) is 8.32 Å². The second kappa shape index (κ2) is 6.56. The molecule has 0 aromatic rings. The fraction of sp³-hybridized carbons (Fsp3) is 0.714. The Kier molecular flexibility index (Phi) is 6.62. The van der Waals surface area contributed by atoms with Gasteiger partial charge in [0.2, 0.25) is 0 Å². The highest BCUT2D eigenvalue weighted by molar-refractivity contribution is 9.12. The van der Waals surface area contributed by atoms with Crippen molar-refractivity contribution in [2.45, 2.75) is 58.5 Å². The predicted molar refractivity (Wildman–Crippen MR) is 91.3 cm³/mol. The van der Waals surface area contributed by atoms with Crippen LogP contribution in [0.4, 0.5) is 0 Å². The van der Waals surface area contributed by atoms with E-state index in [9.17, 15) is 0 Å². The van der Waals surface area contributed by atoms with Crippen molar-refractivity contribution in [3.05, 3.63) is 10.6 Å². The minimum absolute atomic E-state index is 0.261. The van der Waals surface area contributed by atoms with Gasteiger partial charge in [-0.3, -0.25) is 0 Å². The fourth-order valence-corrected chi connectivity index (χ4v) is 2.69. The zero-order valence-electron chi connectivity index (χ0n) is 13.1. The van der Waals surface area contributed by atoms with Gasteiger partial charge in [-0.2, -0.15) is 0 Å². The van der Waals surface area contributed by atoms with Crippen LogP contribution in [0.25, 0.3) is 0 Å². The third-order valence-electron chi connectivity index (χ3n) is 3.07. The van der Waals surface area contributed by atoms with Crippen LogP contribution in [-0.2, 0) is 4.43 Å². The largest absolute Gasteiger partial charge is 0.413 e. The number of halogens is 1. The molecular weight excluding hydrogens is 320 g/mol. The molecule has 0 atom stereocenters. The summed E-state index contributed by atoms with van der Waals surface area (Å²) < 4.78 is 7.02. The lowest BCUT2D eigenvalue weighted by molar-refractivity contribution is 0.328. The van der Waals surface area contributed by atoms with Crippen molar-refractivity contribution in [3.8, 4) is 11.5 Å². The van der Waals surface area contributed by atoms with Crippen LogP contribution in [0.3, 0.4) is 0 Å². The lowest BCUT2D eigenvalue weighted by Gasteiger charge is -2.35. The van der Waals surface area contributed by atoms with Crippen LogP contribution >= 0.6 is 15.9 Å². The van der Waals surface area contributed by atoms with Crippen molar-refractivity contribution < 1.29 is 4.43 Å². The normalized spacial score (nSPS) is 14.2. The van der Waals surface area contributed by atoms with E-state index >= 15 is 0 Å². The van der Waals surface area contributed by atoms with Crippen LogP contribution in [0.2, 0.25) is 37.8 Å². The molecule has 0 heterocycles. The Hall–Kier alpha value is 0.174. The second-order valence-electron chi connectivity index (χ2n) is 7.12. The Balaban J connectivity index is 4.46. The fourth-order valence-electron chi connectivity index (χ4n) is 0.838. The van der Waals surface area contributed by atoms with Crippen LogP contribution < -0.4 is 0 Å². The average molecular weight is 347 g/mol. The lowest BCUT2D eigenvalue weighted by Crippen LogP contribution is -2.40. The molecule has 0 fully saturated rings. The number of hydrogen-bond donors (Lipinski definition) is 0. The highest BCUT2D eigenvalue weighted by Gasteiger charge is 2.36. The predicted octanol–water partition coefficient (Wildman–Crippen LogP) is 5.17. The summed E-state index contributed by atoms with van der Waals surface area (Å²) in [5.41, 5.74) is 3.33. The minimum Gasteiger partial charge on any atom is -0.413 e. The molecule has 0 amide bonds. The Bertz CT molecular complexity index is 362. The quantitative estimate of drug-likeness (QED) is 0.506. The Labute approximate surface area is 124 Å². The van der Waals surface area contributed by atoms with Crippen molar-refractivity contribution >= 4 is 32.3 Å². The van der Waals surface area contributed by atoms with Crippen molar-refractivity contribution in [1.29, 1.82) is 0 Å². The molecule has 0 N–H and O–H groups in total. The Morgan fingerprint density at radius 3 is 2.06 bits per heavy atom. The van der Waals surface area contributed by atoms with E-state index in [4.69, 9.17) is 4.43 Å². The zero-order valence-corrected chi connectivity index (χ0v) is 16.7. The van der Waals surface area contributed by atoms with Gasteiger partial charge in [-0.15, -0.1) is 5.54 Å². The molecule has 0 spiro atoms. The third-order valence-corrected chi connectivity index (χ3v) is 8.97. The molecule has 0 aliphatic rings. The molecule has 0 aliphatic heterocycles. The maximum Gasteiger partial charge on any atom is 0.192 e. The summed E-state index contributed by atoms with van der Waals surface area (Å²) in [6.07, 6.45) is 2.04. The van der Waals surface area contributed by atoms with E-state index in [1.807, 2.05) is 6.08 Å². The molecule has 0 aliphatic carbocycles. The first-order valence-electron chi connectivity index (χ1n) is 6.38. The van der Waals surface area contributed by atoms with Crippen molar-refractivity contribution in [2.24, 2.45) is 0 Å². The van der Waals surface area contributed by atoms with Crippen LogP contribution in [0.15, 0.2) is 10.6 Å². The molecule has 0 saturated carbocycles. The Morgan fingerprint density at radius 2 is 1.67 bits per heavy atom. The summed E-state index contributed by atoms with van der Waals surface area (Å²) in [5.74, 6) is 3.17. The summed E-state index contributed by atoms with van der Waals surface area (Å²) in [6, 6.07) is 0. The molecule has 4 heteroatoms. The molecule has 0 saturated heterocycles. The van der Waals surface area contributed by atoms with Gasteiger partial charge in [-0.05, 0) is 40.1 Å². The topological polar surface area (TPSA) is 9.23 Å². The van der Waals surface area contributed by atoms with Gasteiger partial charge < -0.3 is 4.43 Å². The van der Waals surface area contributed by atoms with E-state index in [1.54, 1.807) is 0 Å². The van der Waals surface area contributed by atoms with E-state index in [0.29, 0.717) is 6.61 Å². The van der Waals surface area contributed by atoms with Gasteiger partial charge in [0.05, 0.1) is 11.1 Å². The standard InChI is InChI=1S/C14H27BrOSi2/c1-14(2,3)18(7,8)16-11-9-13(15)10-12-17(4,5)6/h9H,11H2,1-8H3/b13-9-. The molecule has 0 radical (unpaired) electrons. The Morgan fingerprint density at radius 1 is 1.17 bits per heavy atom. The van der Waals surface area contributed by atoms with Crippen LogP contribution in [0.5, 0.6) is 0 Å². The summed E-state index contributed by atoms with van der Waals surface area (Å²) in [5, 5.41) is 0.261. The van der Waals surface area contributed by atoms with E-state index in [0.717, 1.165) is 4.48 Å². The summed E-state index contributed by atoms with van der Waals surface area (Å²) >= 11 is 3.49. The number of allylic oxidation sites excluding steroid dienone is 1. The summed E-state index contributed by atoms with van der Waals surface area (Å²) in [4.78, 5) is 0. The van der Waals surface area contributed by atoms with Crippen LogP contribution in [0.1, 0.15) is 20.8 Å². The SMILES string of the molecule is CC(C)(C)[Si](C)(C)OC/C=C(\Br)C#C[Si](C)(C)C. The van der Waals surface area contributed by atoms with Crippen LogP contribution in [0, 0.1) is 11.5 Å². The molecule has 0 rings (SSSR count). The molecule has 104 valence electrons.